The Balaban J connectivity index is 2.04. The average molecular weight is 435 g/mol. The predicted molar refractivity (Wildman–Crippen MR) is 111 cm³/mol. The van der Waals surface area contributed by atoms with Crippen LogP contribution in [-0.2, 0) is 30.9 Å². The zero-order valence-corrected chi connectivity index (χ0v) is 17.9. The van der Waals surface area contributed by atoms with Gasteiger partial charge >= 0.3 is 12.1 Å². The number of esters is 1. The van der Waals surface area contributed by atoms with Crippen LogP contribution in [0.25, 0.3) is 0 Å². The van der Waals surface area contributed by atoms with E-state index >= 15 is 0 Å². The van der Waals surface area contributed by atoms with E-state index in [0.29, 0.717) is 0 Å². The molecule has 2 N–H and O–H groups in total. The van der Waals surface area contributed by atoms with Crippen LogP contribution in [0.4, 0.5) is 4.79 Å². The van der Waals surface area contributed by atoms with E-state index in [9.17, 15) is 18.0 Å². The second kappa shape index (κ2) is 10.2. The summed E-state index contributed by atoms with van der Waals surface area (Å²) < 4.78 is 37.9. The number of rotatable bonds is 8. The number of benzene rings is 2. The summed E-state index contributed by atoms with van der Waals surface area (Å²) in [6, 6.07) is 15.3. The first-order valence-corrected chi connectivity index (χ1v) is 10.8. The third kappa shape index (κ3) is 7.84. The van der Waals surface area contributed by atoms with Crippen molar-refractivity contribution in [2.75, 3.05) is 6.54 Å². The highest BCUT2D eigenvalue weighted by Gasteiger charge is 2.30. The van der Waals surface area contributed by atoms with Crippen LogP contribution in [0, 0.1) is 0 Å². The van der Waals surface area contributed by atoms with Crippen LogP contribution < -0.4 is 10.0 Å². The van der Waals surface area contributed by atoms with Crippen molar-refractivity contribution in [1.29, 1.82) is 0 Å². The predicted octanol–water partition coefficient (Wildman–Crippen LogP) is 2.60. The summed E-state index contributed by atoms with van der Waals surface area (Å²) in [4.78, 5) is 24.5. The Labute approximate surface area is 176 Å². The molecule has 1 atom stereocenters. The van der Waals surface area contributed by atoms with E-state index in [0.717, 1.165) is 5.56 Å². The molecule has 0 aliphatic rings. The summed E-state index contributed by atoms with van der Waals surface area (Å²) in [5.41, 5.74) is -0.0393. The van der Waals surface area contributed by atoms with Crippen molar-refractivity contribution in [1.82, 2.24) is 10.0 Å². The molecule has 162 valence electrons. The lowest BCUT2D eigenvalue weighted by atomic mass is 10.2. The van der Waals surface area contributed by atoms with Crippen molar-refractivity contribution in [2.24, 2.45) is 0 Å². The van der Waals surface area contributed by atoms with Crippen molar-refractivity contribution in [2.45, 2.75) is 43.9 Å². The molecule has 0 aromatic heterocycles. The molecule has 8 nitrogen and oxygen atoms in total. The Morgan fingerprint density at radius 3 is 2.10 bits per heavy atom. The van der Waals surface area contributed by atoms with Gasteiger partial charge < -0.3 is 14.8 Å². The van der Waals surface area contributed by atoms with Crippen LogP contribution in [0.15, 0.2) is 65.6 Å². The van der Waals surface area contributed by atoms with Gasteiger partial charge in [0.25, 0.3) is 0 Å². The maximum atomic E-state index is 12.6. The smallest absolute Gasteiger partial charge is 0.407 e. The van der Waals surface area contributed by atoms with Crippen LogP contribution in [0.2, 0.25) is 0 Å². The van der Waals surface area contributed by atoms with Crippen LogP contribution >= 0.6 is 0 Å². The fourth-order valence-electron chi connectivity index (χ4n) is 2.36. The lowest BCUT2D eigenvalue weighted by Crippen LogP contribution is -2.50. The molecule has 0 unspecified atom stereocenters. The first-order valence-electron chi connectivity index (χ1n) is 9.31. The highest BCUT2D eigenvalue weighted by Crippen LogP contribution is 2.12. The van der Waals surface area contributed by atoms with Gasteiger partial charge in [0, 0.05) is 6.54 Å². The number of hydrogen-bond acceptors (Lipinski definition) is 6. The van der Waals surface area contributed by atoms with Gasteiger partial charge in [-0.25, -0.2) is 13.2 Å². The first kappa shape index (κ1) is 23.4. The molecule has 1 amide bonds. The minimum Gasteiger partial charge on any atom is -0.459 e. The van der Waals surface area contributed by atoms with E-state index in [4.69, 9.17) is 9.47 Å². The van der Waals surface area contributed by atoms with E-state index in [1.54, 1.807) is 51.1 Å². The Kier molecular flexibility index (Phi) is 7.96. The maximum absolute atomic E-state index is 12.6. The zero-order chi connectivity index (χ0) is 22.2. The van der Waals surface area contributed by atoms with Crippen molar-refractivity contribution >= 4 is 22.1 Å². The molecule has 0 heterocycles. The second-order valence-corrected chi connectivity index (χ2v) is 9.18. The van der Waals surface area contributed by atoms with Crippen LogP contribution in [0.5, 0.6) is 0 Å². The molecule has 0 saturated heterocycles. The number of carbonyl (C=O) groups is 2. The van der Waals surface area contributed by atoms with Gasteiger partial charge in [-0.15, -0.1) is 0 Å². The Hall–Kier alpha value is -2.91. The van der Waals surface area contributed by atoms with E-state index in [1.807, 2.05) is 18.2 Å². The molecular weight excluding hydrogens is 408 g/mol. The largest absolute Gasteiger partial charge is 0.459 e. The topological polar surface area (TPSA) is 111 Å². The molecule has 0 spiro atoms. The van der Waals surface area contributed by atoms with Gasteiger partial charge in [-0.3, -0.25) is 4.79 Å². The summed E-state index contributed by atoms with van der Waals surface area (Å²) in [6.07, 6.45) is -0.786. The van der Waals surface area contributed by atoms with Gasteiger partial charge in [0.2, 0.25) is 10.0 Å². The lowest BCUT2D eigenvalue weighted by molar-refractivity contribution is -0.156. The molecule has 2 aromatic rings. The van der Waals surface area contributed by atoms with E-state index in [2.05, 4.69) is 10.0 Å². The third-order valence-corrected chi connectivity index (χ3v) is 5.19. The SMILES string of the molecule is CC(C)(C)OC(=O)[C@H](CNC(=O)OCc1ccccc1)NS(=O)(=O)c1ccccc1. The molecular formula is C21H26N2O6S. The number of hydrogen-bond donors (Lipinski definition) is 2. The fraction of sp³-hybridized carbons (Fsp3) is 0.333. The second-order valence-electron chi connectivity index (χ2n) is 7.46. The molecule has 2 rings (SSSR count). The molecule has 0 bridgehead atoms. The highest BCUT2D eigenvalue weighted by molar-refractivity contribution is 7.89. The molecule has 0 radical (unpaired) electrons. The molecule has 2 aromatic carbocycles. The quantitative estimate of drug-likeness (QED) is 0.618. The Bertz CT molecular complexity index is 940. The lowest BCUT2D eigenvalue weighted by Gasteiger charge is -2.24. The summed E-state index contributed by atoms with van der Waals surface area (Å²) >= 11 is 0. The number of sulfonamides is 1. The van der Waals surface area contributed by atoms with Crippen molar-refractivity contribution in [3.8, 4) is 0 Å². The fourth-order valence-corrected chi connectivity index (χ4v) is 3.57. The summed E-state index contributed by atoms with van der Waals surface area (Å²) in [7, 11) is -4.01. The number of amides is 1. The number of carbonyl (C=O) groups excluding carboxylic acids is 2. The minimum atomic E-state index is -4.01. The van der Waals surface area contributed by atoms with Gasteiger partial charge in [0.1, 0.15) is 18.2 Å². The monoisotopic (exact) mass is 434 g/mol. The number of nitrogens with one attached hydrogen (secondary N) is 2. The minimum absolute atomic E-state index is 0.00906. The van der Waals surface area contributed by atoms with Crippen molar-refractivity contribution < 1.29 is 27.5 Å². The van der Waals surface area contributed by atoms with Crippen LogP contribution in [0.3, 0.4) is 0 Å². The molecule has 0 aliphatic heterocycles. The molecule has 0 fully saturated rings. The first-order chi connectivity index (χ1) is 14.1. The molecule has 0 saturated carbocycles. The highest BCUT2D eigenvalue weighted by atomic mass is 32.2. The normalized spacial score (nSPS) is 12.6. The van der Waals surface area contributed by atoms with Gasteiger partial charge in [0.15, 0.2) is 0 Å². The summed E-state index contributed by atoms with van der Waals surface area (Å²) in [5, 5.41) is 2.40. The van der Waals surface area contributed by atoms with E-state index in [1.165, 1.54) is 12.1 Å². The third-order valence-electron chi connectivity index (χ3n) is 3.71. The zero-order valence-electron chi connectivity index (χ0n) is 17.1. The molecule has 30 heavy (non-hydrogen) atoms. The van der Waals surface area contributed by atoms with Gasteiger partial charge in [-0.1, -0.05) is 48.5 Å². The van der Waals surface area contributed by atoms with Crippen LogP contribution in [-0.4, -0.2) is 38.7 Å². The molecule has 9 heteroatoms. The standard InChI is InChI=1S/C21H26N2O6S/c1-21(2,3)29-19(24)18(23-30(26,27)17-12-8-5-9-13-17)14-22-20(25)28-15-16-10-6-4-7-11-16/h4-13,18,23H,14-15H2,1-3H3,(H,22,25)/t18-/m0/s1. The summed E-state index contributed by atoms with van der Waals surface area (Å²) in [5.74, 6) is -0.814. The van der Waals surface area contributed by atoms with Gasteiger partial charge in [-0.05, 0) is 38.5 Å². The van der Waals surface area contributed by atoms with Crippen LogP contribution in [0.1, 0.15) is 26.3 Å². The Morgan fingerprint density at radius 2 is 1.53 bits per heavy atom. The van der Waals surface area contributed by atoms with Crippen molar-refractivity contribution in [3.05, 3.63) is 66.2 Å². The number of ether oxygens (including phenoxy) is 2. The maximum Gasteiger partial charge on any atom is 0.407 e. The van der Waals surface area contributed by atoms with Gasteiger partial charge in [-0.2, -0.15) is 4.72 Å². The van der Waals surface area contributed by atoms with Gasteiger partial charge in [0.05, 0.1) is 4.90 Å². The van der Waals surface area contributed by atoms with Crippen molar-refractivity contribution in [3.63, 3.8) is 0 Å². The molecule has 0 aliphatic carbocycles. The van der Waals surface area contributed by atoms with E-state index < -0.39 is 33.7 Å². The summed E-state index contributed by atoms with van der Waals surface area (Å²) in [6.45, 7) is 4.69. The average Bonchev–Trinajstić information content (AvgIpc) is 2.69. The Morgan fingerprint density at radius 1 is 0.967 bits per heavy atom. The number of alkyl carbamates (subject to hydrolysis) is 1. The van der Waals surface area contributed by atoms with E-state index in [-0.39, 0.29) is 18.0 Å².